The van der Waals surface area contributed by atoms with Crippen molar-refractivity contribution in [1.82, 2.24) is 10.6 Å². The molecule has 3 unspecified atom stereocenters. The fourth-order valence-corrected chi connectivity index (χ4v) is 3.47. The van der Waals surface area contributed by atoms with Crippen molar-refractivity contribution in [3.8, 4) is 0 Å². The smallest absolute Gasteiger partial charge is 0.191 e. The van der Waals surface area contributed by atoms with Crippen LogP contribution in [0.2, 0.25) is 0 Å². The summed E-state index contributed by atoms with van der Waals surface area (Å²) >= 11 is 0. The minimum absolute atomic E-state index is 0. The van der Waals surface area contributed by atoms with Crippen molar-refractivity contribution in [2.45, 2.75) is 58.7 Å². The Hall–Kier alpha value is -0.0800. The second-order valence-corrected chi connectivity index (χ2v) is 7.53. The fourth-order valence-electron chi connectivity index (χ4n) is 3.47. The van der Waals surface area contributed by atoms with E-state index in [-0.39, 0.29) is 29.4 Å². The molecule has 23 heavy (non-hydrogen) atoms. The van der Waals surface area contributed by atoms with Crippen LogP contribution in [0.4, 0.5) is 0 Å². The van der Waals surface area contributed by atoms with Gasteiger partial charge in [0.25, 0.3) is 0 Å². The molecule has 6 heteroatoms. The Morgan fingerprint density at radius 3 is 2.30 bits per heavy atom. The zero-order valence-corrected chi connectivity index (χ0v) is 17.4. The molecule has 0 saturated carbocycles. The molecule has 2 fully saturated rings. The van der Waals surface area contributed by atoms with Gasteiger partial charge in [0, 0.05) is 39.3 Å². The highest BCUT2D eigenvalue weighted by Gasteiger charge is 2.35. The Morgan fingerprint density at radius 1 is 1.04 bits per heavy atom. The molecule has 0 bridgehead atoms. The van der Waals surface area contributed by atoms with E-state index < -0.39 is 0 Å². The van der Waals surface area contributed by atoms with E-state index in [9.17, 15) is 0 Å². The molecule has 2 aliphatic heterocycles. The van der Waals surface area contributed by atoms with Gasteiger partial charge in [-0.05, 0) is 31.1 Å². The second-order valence-electron chi connectivity index (χ2n) is 7.53. The fraction of sp³-hybridized carbons (Fsp3) is 0.941. The van der Waals surface area contributed by atoms with Gasteiger partial charge < -0.3 is 20.1 Å². The molecule has 0 aliphatic carbocycles. The summed E-state index contributed by atoms with van der Waals surface area (Å²) in [5.74, 6) is 1.41. The molecular formula is C17H34IN3O2. The lowest BCUT2D eigenvalue weighted by Gasteiger charge is -2.40. The Balaban J connectivity index is 0.00000264. The van der Waals surface area contributed by atoms with Gasteiger partial charge >= 0.3 is 0 Å². The van der Waals surface area contributed by atoms with Crippen molar-refractivity contribution >= 4 is 29.9 Å². The molecule has 0 radical (unpaired) electrons. The molecule has 0 spiro atoms. The third-order valence-electron chi connectivity index (χ3n) is 4.57. The minimum atomic E-state index is 0. The van der Waals surface area contributed by atoms with Gasteiger partial charge in [0.2, 0.25) is 0 Å². The lowest BCUT2D eigenvalue weighted by atomic mass is 9.78. The average Bonchev–Trinajstić information content (AvgIpc) is 3.00. The van der Waals surface area contributed by atoms with E-state index in [1.165, 1.54) is 12.8 Å². The number of guanidine groups is 1. The number of hydrogen-bond donors (Lipinski definition) is 2. The molecule has 3 atom stereocenters. The maximum atomic E-state index is 6.04. The molecule has 2 aliphatic rings. The SMILES string of the molecule is CN=C(NCC1CCCO1)NCC1CCCOC1C(C)(C)C.I. The van der Waals surface area contributed by atoms with Crippen LogP contribution in [0.15, 0.2) is 4.99 Å². The Bertz CT molecular complexity index is 365. The number of ether oxygens (including phenoxy) is 2. The van der Waals surface area contributed by atoms with Crippen LogP contribution in [0.3, 0.4) is 0 Å². The van der Waals surface area contributed by atoms with Gasteiger partial charge in [0.1, 0.15) is 0 Å². The second kappa shape index (κ2) is 10.0. The van der Waals surface area contributed by atoms with Crippen LogP contribution in [0.1, 0.15) is 46.5 Å². The number of nitrogens with zero attached hydrogens (tertiary/aromatic N) is 1. The van der Waals surface area contributed by atoms with E-state index >= 15 is 0 Å². The first-order valence-electron chi connectivity index (χ1n) is 8.68. The zero-order chi connectivity index (χ0) is 16.0. The quantitative estimate of drug-likeness (QED) is 0.402. The molecule has 0 aromatic rings. The monoisotopic (exact) mass is 439 g/mol. The van der Waals surface area contributed by atoms with E-state index in [0.29, 0.717) is 18.1 Å². The van der Waals surface area contributed by atoms with E-state index in [0.717, 1.165) is 45.1 Å². The van der Waals surface area contributed by atoms with Crippen molar-refractivity contribution in [1.29, 1.82) is 0 Å². The first-order chi connectivity index (χ1) is 10.5. The Kier molecular flexibility index (Phi) is 9.15. The summed E-state index contributed by atoms with van der Waals surface area (Å²) in [4.78, 5) is 4.32. The minimum Gasteiger partial charge on any atom is -0.377 e. The summed E-state index contributed by atoms with van der Waals surface area (Å²) in [6.45, 7) is 10.3. The van der Waals surface area contributed by atoms with Gasteiger partial charge in [-0.25, -0.2) is 0 Å². The maximum absolute atomic E-state index is 6.04. The summed E-state index contributed by atoms with van der Waals surface area (Å²) in [5, 5.41) is 6.85. The summed E-state index contributed by atoms with van der Waals surface area (Å²) in [6, 6.07) is 0. The number of hydrogen-bond acceptors (Lipinski definition) is 3. The van der Waals surface area contributed by atoms with E-state index in [4.69, 9.17) is 9.47 Å². The van der Waals surface area contributed by atoms with Crippen molar-refractivity contribution < 1.29 is 9.47 Å². The van der Waals surface area contributed by atoms with Crippen LogP contribution in [0.5, 0.6) is 0 Å². The molecule has 5 nitrogen and oxygen atoms in total. The van der Waals surface area contributed by atoms with Crippen LogP contribution in [-0.4, -0.2) is 51.5 Å². The molecule has 2 saturated heterocycles. The van der Waals surface area contributed by atoms with Gasteiger partial charge in [0.05, 0.1) is 12.2 Å². The summed E-state index contributed by atoms with van der Waals surface area (Å²) in [5.41, 5.74) is 0.182. The molecule has 0 aromatic heterocycles. The number of halogens is 1. The van der Waals surface area contributed by atoms with Crippen molar-refractivity contribution in [3.63, 3.8) is 0 Å². The van der Waals surface area contributed by atoms with Crippen molar-refractivity contribution in [3.05, 3.63) is 0 Å². The summed E-state index contributed by atoms with van der Waals surface area (Å²) in [7, 11) is 1.82. The lowest BCUT2D eigenvalue weighted by Crippen LogP contribution is -2.48. The van der Waals surface area contributed by atoms with E-state index in [1.807, 2.05) is 7.05 Å². The highest BCUT2D eigenvalue weighted by Crippen LogP contribution is 2.33. The Labute approximate surface area is 158 Å². The molecule has 0 aromatic carbocycles. The summed E-state index contributed by atoms with van der Waals surface area (Å²) < 4.78 is 11.7. The summed E-state index contributed by atoms with van der Waals surface area (Å²) in [6.07, 6.45) is 5.33. The highest BCUT2D eigenvalue weighted by atomic mass is 127. The largest absolute Gasteiger partial charge is 0.377 e. The van der Waals surface area contributed by atoms with Gasteiger partial charge in [0.15, 0.2) is 5.96 Å². The Morgan fingerprint density at radius 2 is 1.70 bits per heavy atom. The third kappa shape index (κ3) is 6.74. The van der Waals surface area contributed by atoms with Crippen LogP contribution < -0.4 is 10.6 Å². The third-order valence-corrected chi connectivity index (χ3v) is 4.57. The standard InChI is InChI=1S/C17H33N3O2.HI/c1-17(2,3)15-13(7-5-10-22-15)11-19-16(18-4)20-12-14-8-6-9-21-14;/h13-15H,5-12H2,1-4H3,(H2,18,19,20);1H. The molecule has 136 valence electrons. The van der Waals surface area contributed by atoms with Crippen molar-refractivity contribution in [2.75, 3.05) is 33.4 Å². The first-order valence-corrected chi connectivity index (χ1v) is 8.68. The molecular weight excluding hydrogens is 405 g/mol. The zero-order valence-electron chi connectivity index (χ0n) is 15.1. The maximum Gasteiger partial charge on any atom is 0.191 e. The van der Waals surface area contributed by atoms with Crippen LogP contribution in [0, 0.1) is 11.3 Å². The first kappa shape index (κ1) is 21.0. The predicted octanol–water partition coefficient (Wildman–Crippen LogP) is 2.79. The van der Waals surface area contributed by atoms with Crippen LogP contribution in [-0.2, 0) is 9.47 Å². The van der Waals surface area contributed by atoms with Crippen LogP contribution >= 0.6 is 24.0 Å². The molecule has 2 heterocycles. The molecule has 0 amide bonds. The topological polar surface area (TPSA) is 54.9 Å². The van der Waals surface area contributed by atoms with E-state index in [1.54, 1.807) is 0 Å². The molecule has 2 N–H and O–H groups in total. The molecule has 2 rings (SSSR count). The van der Waals surface area contributed by atoms with Gasteiger partial charge in [-0.1, -0.05) is 20.8 Å². The van der Waals surface area contributed by atoms with Gasteiger partial charge in [-0.15, -0.1) is 24.0 Å². The van der Waals surface area contributed by atoms with Crippen LogP contribution in [0.25, 0.3) is 0 Å². The van der Waals surface area contributed by atoms with Gasteiger partial charge in [-0.3, -0.25) is 4.99 Å². The van der Waals surface area contributed by atoms with Crippen molar-refractivity contribution in [2.24, 2.45) is 16.3 Å². The predicted molar refractivity (Wildman–Crippen MR) is 106 cm³/mol. The van der Waals surface area contributed by atoms with Gasteiger partial charge in [-0.2, -0.15) is 0 Å². The number of rotatable bonds is 4. The average molecular weight is 439 g/mol. The van der Waals surface area contributed by atoms with E-state index in [2.05, 4.69) is 36.4 Å². The highest BCUT2D eigenvalue weighted by molar-refractivity contribution is 14.0. The number of aliphatic imine (C=N–C) groups is 1. The number of nitrogens with one attached hydrogen (secondary N) is 2. The lowest BCUT2D eigenvalue weighted by molar-refractivity contribution is -0.0835. The normalized spacial score (nSPS) is 29.0.